The van der Waals surface area contributed by atoms with Crippen molar-refractivity contribution in [2.45, 2.75) is 51.7 Å². The lowest BCUT2D eigenvalue weighted by molar-refractivity contribution is -0.135. The molecule has 3 N–H and O–H groups in total. The van der Waals surface area contributed by atoms with Gasteiger partial charge in [-0.2, -0.15) is 19.0 Å². The quantitative estimate of drug-likeness (QED) is 0.160. The minimum atomic E-state index is -2.80. The average molecular weight is 716 g/mol. The van der Waals surface area contributed by atoms with Crippen LogP contribution in [0.1, 0.15) is 50.9 Å². The highest BCUT2D eigenvalue weighted by atomic mass is 35.5. The maximum Gasteiger partial charge on any atom is 0.409 e. The van der Waals surface area contributed by atoms with Crippen molar-refractivity contribution >= 4 is 29.6 Å². The Bertz CT molecular complexity index is 1880. The molecule has 2 amide bonds. The highest BCUT2D eigenvalue weighted by molar-refractivity contribution is 6.33. The van der Waals surface area contributed by atoms with Crippen molar-refractivity contribution < 1.29 is 31.9 Å². The highest BCUT2D eigenvalue weighted by Crippen LogP contribution is 2.43. The SMILES string of the molecule is CC(C)(C)C[C@]1(c2ccc(-c3cnn(C(F)F)c3)cc2)NC(=N)N([C@H](COC(=O)N2CC(C(F)F)C2)c2ccc(Cl)c(-c3ncn[nH]3)c2)C1=O. The molecule has 2 atom stereocenters. The van der Waals surface area contributed by atoms with Gasteiger partial charge in [0.25, 0.3) is 5.91 Å². The molecular weight excluding hydrogens is 682 g/mol. The molecule has 17 heteroatoms. The van der Waals surface area contributed by atoms with Gasteiger partial charge in [-0.25, -0.2) is 23.2 Å². The molecule has 2 aliphatic heterocycles. The molecule has 2 aromatic heterocycles. The van der Waals surface area contributed by atoms with Crippen LogP contribution in [-0.2, 0) is 15.1 Å². The Kier molecular flexibility index (Phi) is 9.33. The van der Waals surface area contributed by atoms with E-state index in [4.69, 9.17) is 21.7 Å². The van der Waals surface area contributed by atoms with E-state index in [2.05, 4.69) is 25.6 Å². The van der Waals surface area contributed by atoms with Crippen LogP contribution in [0.4, 0.5) is 22.4 Å². The molecule has 0 bridgehead atoms. The van der Waals surface area contributed by atoms with Gasteiger partial charge < -0.3 is 15.0 Å². The van der Waals surface area contributed by atoms with E-state index in [1.54, 1.807) is 42.5 Å². The van der Waals surface area contributed by atoms with Crippen molar-refractivity contribution in [3.8, 4) is 22.5 Å². The number of guanidine groups is 1. The molecule has 6 rings (SSSR count). The second-order valence-electron chi connectivity index (χ2n) is 13.5. The number of alkyl halides is 4. The number of amides is 2. The summed E-state index contributed by atoms with van der Waals surface area (Å²) in [4.78, 5) is 34.3. The summed E-state index contributed by atoms with van der Waals surface area (Å²) in [7, 11) is 0. The Morgan fingerprint density at radius 2 is 1.84 bits per heavy atom. The van der Waals surface area contributed by atoms with Gasteiger partial charge in [0.15, 0.2) is 11.8 Å². The fraction of sp³-hybridized carbons (Fsp3) is 0.394. The number of ether oxygens (including phenoxy) is 1. The van der Waals surface area contributed by atoms with Gasteiger partial charge in [-0.05, 0) is 40.7 Å². The van der Waals surface area contributed by atoms with Gasteiger partial charge in [0.05, 0.1) is 23.2 Å². The average Bonchev–Trinajstić information content (AvgIpc) is 3.78. The summed E-state index contributed by atoms with van der Waals surface area (Å²) in [6.45, 7) is 2.31. The molecule has 2 fully saturated rings. The van der Waals surface area contributed by atoms with E-state index >= 15 is 0 Å². The first-order valence-electron chi connectivity index (χ1n) is 15.7. The number of benzene rings is 2. The van der Waals surface area contributed by atoms with E-state index in [1.807, 2.05) is 20.8 Å². The van der Waals surface area contributed by atoms with Crippen molar-refractivity contribution in [2.24, 2.45) is 11.3 Å². The molecule has 0 spiro atoms. The summed E-state index contributed by atoms with van der Waals surface area (Å²) in [5.74, 6) is -1.37. The lowest BCUT2D eigenvalue weighted by Gasteiger charge is -2.38. The second kappa shape index (κ2) is 13.4. The zero-order valence-corrected chi connectivity index (χ0v) is 28.0. The molecule has 4 heterocycles. The van der Waals surface area contributed by atoms with Gasteiger partial charge in [0.1, 0.15) is 18.5 Å². The molecule has 2 saturated heterocycles. The monoisotopic (exact) mass is 715 g/mol. The van der Waals surface area contributed by atoms with E-state index in [0.717, 1.165) is 4.90 Å². The maximum atomic E-state index is 14.8. The number of carbonyl (C=O) groups excluding carboxylic acids is 2. The Morgan fingerprint density at radius 1 is 1.12 bits per heavy atom. The number of halogens is 5. The highest BCUT2D eigenvalue weighted by Gasteiger charge is 2.54. The number of hydrogen-bond acceptors (Lipinski definition) is 7. The predicted molar refractivity (Wildman–Crippen MR) is 174 cm³/mol. The summed E-state index contributed by atoms with van der Waals surface area (Å²) in [5, 5.41) is 22.9. The van der Waals surface area contributed by atoms with Crippen LogP contribution in [0.15, 0.2) is 61.2 Å². The molecule has 0 unspecified atom stereocenters. The van der Waals surface area contributed by atoms with E-state index < -0.39 is 54.5 Å². The molecule has 0 aliphatic carbocycles. The number of likely N-dealkylation sites (tertiary alicyclic amines) is 1. The number of nitrogens with zero attached hydrogens (tertiary/aromatic N) is 6. The number of aromatic nitrogens is 5. The summed E-state index contributed by atoms with van der Waals surface area (Å²) >= 11 is 6.50. The van der Waals surface area contributed by atoms with Crippen LogP contribution >= 0.6 is 11.6 Å². The van der Waals surface area contributed by atoms with Gasteiger partial charge in [-0.3, -0.25) is 20.2 Å². The Labute approximate surface area is 289 Å². The van der Waals surface area contributed by atoms with Crippen LogP contribution < -0.4 is 5.32 Å². The molecule has 12 nitrogen and oxygen atoms in total. The number of rotatable bonds is 10. The van der Waals surface area contributed by atoms with Crippen LogP contribution in [0.5, 0.6) is 0 Å². The Morgan fingerprint density at radius 3 is 2.44 bits per heavy atom. The first-order valence-corrected chi connectivity index (χ1v) is 16.0. The Hall–Kier alpha value is -4.99. The van der Waals surface area contributed by atoms with E-state index in [-0.39, 0.29) is 25.5 Å². The van der Waals surface area contributed by atoms with Gasteiger partial charge in [-0.15, -0.1) is 0 Å². The molecule has 0 radical (unpaired) electrons. The van der Waals surface area contributed by atoms with E-state index in [0.29, 0.717) is 43.3 Å². The molecular formula is C33H34ClF4N9O3. The van der Waals surface area contributed by atoms with Crippen molar-refractivity contribution in [3.63, 3.8) is 0 Å². The molecule has 4 aromatic rings. The number of H-pyrrole nitrogens is 1. The third-order valence-electron chi connectivity index (χ3n) is 8.71. The van der Waals surface area contributed by atoms with Crippen LogP contribution in [0, 0.1) is 16.7 Å². The topological polar surface area (TPSA) is 145 Å². The van der Waals surface area contributed by atoms with Crippen molar-refractivity contribution in [2.75, 3.05) is 19.7 Å². The third kappa shape index (κ3) is 6.75. The first-order chi connectivity index (χ1) is 23.7. The number of aromatic amines is 1. The van der Waals surface area contributed by atoms with Crippen LogP contribution in [-0.4, -0.2) is 78.8 Å². The van der Waals surface area contributed by atoms with E-state index in [1.165, 1.54) is 23.6 Å². The zero-order chi connectivity index (χ0) is 36.0. The first kappa shape index (κ1) is 34.9. The summed E-state index contributed by atoms with van der Waals surface area (Å²) < 4.78 is 58.6. The summed E-state index contributed by atoms with van der Waals surface area (Å²) in [5.41, 5.74) is 0.550. The molecule has 50 heavy (non-hydrogen) atoms. The van der Waals surface area contributed by atoms with Crippen LogP contribution in [0.2, 0.25) is 5.02 Å². The maximum absolute atomic E-state index is 14.8. The van der Waals surface area contributed by atoms with Crippen LogP contribution in [0.3, 0.4) is 0 Å². The molecule has 2 aliphatic rings. The molecule has 0 saturated carbocycles. The molecule has 264 valence electrons. The second-order valence-corrected chi connectivity index (χ2v) is 13.9. The third-order valence-corrected chi connectivity index (χ3v) is 9.04. The van der Waals surface area contributed by atoms with Gasteiger partial charge in [-0.1, -0.05) is 62.7 Å². The predicted octanol–water partition coefficient (Wildman–Crippen LogP) is 6.46. The largest absolute Gasteiger partial charge is 0.447 e. The summed E-state index contributed by atoms with van der Waals surface area (Å²) in [6.07, 6.45) is 0.692. The van der Waals surface area contributed by atoms with Gasteiger partial charge in [0, 0.05) is 30.4 Å². The van der Waals surface area contributed by atoms with Crippen molar-refractivity contribution in [1.82, 2.24) is 40.1 Å². The van der Waals surface area contributed by atoms with Gasteiger partial charge >= 0.3 is 12.6 Å². The van der Waals surface area contributed by atoms with Crippen LogP contribution in [0.25, 0.3) is 22.5 Å². The smallest absolute Gasteiger partial charge is 0.409 e. The minimum absolute atomic E-state index is 0.161. The number of nitrogens with one attached hydrogen (secondary N) is 3. The van der Waals surface area contributed by atoms with E-state index in [9.17, 15) is 27.2 Å². The van der Waals surface area contributed by atoms with Gasteiger partial charge in [0.2, 0.25) is 6.43 Å². The number of hydrogen-bond donors (Lipinski definition) is 3. The standard InChI is InChI=1S/C33H34ClF4N9O3/c1-32(2,3)16-33(22-7-4-18(5-8-22)20-11-42-46(14-20)29(37)38)28(48)47(30(39)43-33)25(15-50-31(49)45-12-21(13-45)26(35)36)19-6-9-24(34)23(10-19)27-40-17-41-44-27/h4-11,14,17,21,25-26,29H,12-13,15-16H2,1-3H3,(H2,39,43)(H,40,41,44)/t25-,33-/m1/s1. The summed E-state index contributed by atoms with van der Waals surface area (Å²) in [6, 6.07) is 10.6. The lowest BCUT2D eigenvalue weighted by atomic mass is 9.75. The zero-order valence-electron chi connectivity index (χ0n) is 27.2. The minimum Gasteiger partial charge on any atom is -0.447 e. The normalized spacial score (nSPS) is 18.9. The number of carbonyl (C=O) groups is 2. The molecule has 2 aromatic carbocycles. The lowest BCUT2D eigenvalue weighted by Crippen LogP contribution is -2.53. The fourth-order valence-corrected chi connectivity index (χ4v) is 6.53. The Balaban J connectivity index is 1.36. The van der Waals surface area contributed by atoms with Crippen molar-refractivity contribution in [3.05, 3.63) is 77.3 Å². The fourth-order valence-electron chi connectivity index (χ4n) is 6.32. The van der Waals surface area contributed by atoms with Crippen molar-refractivity contribution in [1.29, 1.82) is 5.41 Å².